The Morgan fingerprint density at radius 3 is 2.29 bits per heavy atom. The summed E-state index contributed by atoms with van der Waals surface area (Å²) in [6.07, 6.45) is 5.19. The SMILES string of the molecule is C=CCC1(OC)C=C2C(=CC1=O)O[C@@H](c1cc(OC)c(OC)c(OC)c1)[C@@H]2C. The van der Waals surface area contributed by atoms with Crippen LogP contribution in [0.25, 0.3) is 0 Å². The molecule has 1 unspecified atom stereocenters. The molecule has 150 valence electrons. The van der Waals surface area contributed by atoms with Crippen LogP contribution in [0.15, 0.2) is 48.3 Å². The summed E-state index contributed by atoms with van der Waals surface area (Å²) in [5.74, 6) is 2.06. The third kappa shape index (κ3) is 3.07. The summed E-state index contributed by atoms with van der Waals surface area (Å²) in [6.45, 7) is 5.81. The highest BCUT2D eigenvalue weighted by Gasteiger charge is 2.45. The summed E-state index contributed by atoms with van der Waals surface area (Å²) in [5.41, 5.74) is 0.794. The zero-order valence-electron chi connectivity index (χ0n) is 16.9. The maximum absolute atomic E-state index is 12.7. The molecule has 6 nitrogen and oxygen atoms in total. The minimum Gasteiger partial charge on any atom is -0.493 e. The van der Waals surface area contributed by atoms with Crippen molar-refractivity contribution in [2.75, 3.05) is 28.4 Å². The van der Waals surface area contributed by atoms with E-state index in [0.717, 1.165) is 11.1 Å². The van der Waals surface area contributed by atoms with Crippen molar-refractivity contribution < 1.29 is 28.5 Å². The predicted molar refractivity (Wildman–Crippen MR) is 105 cm³/mol. The number of carbonyl (C=O) groups excluding carboxylic acids is 1. The topological polar surface area (TPSA) is 63.2 Å². The lowest BCUT2D eigenvalue weighted by Crippen LogP contribution is -2.39. The first-order chi connectivity index (χ1) is 13.4. The highest BCUT2D eigenvalue weighted by atomic mass is 16.5. The lowest BCUT2D eigenvalue weighted by atomic mass is 9.82. The Labute approximate surface area is 165 Å². The Hall–Kier alpha value is -2.73. The minimum absolute atomic E-state index is 0.00139. The highest BCUT2D eigenvalue weighted by Crippen LogP contribution is 2.50. The van der Waals surface area contributed by atoms with Gasteiger partial charge < -0.3 is 23.7 Å². The first-order valence-electron chi connectivity index (χ1n) is 9.06. The average molecular weight is 386 g/mol. The van der Waals surface area contributed by atoms with E-state index in [0.29, 0.717) is 29.4 Å². The number of methoxy groups -OCH3 is 4. The maximum Gasteiger partial charge on any atom is 0.203 e. The predicted octanol–water partition coefficient (Wildman–Crippen LogP) is 3.77. The van der Waals surface area contributed by atoms with E-state index in [1.165, 1.54) is 13.2 Å². The Bertz CT molecular complexity index is 828. The fourth-order valence-electron chi connectivity index (χ4n) is 3.82. The van der Waals surface area contributed by atoms with Gasteiger partial charge in [-0.25, -0.2) is 0 Å². The van der Waals surface area contributed by atoms with Gasteiger partial charge in [-0.15, -0.1) is 6.58 Å². The van der Waals surface area contributed by atoms with E-state index in [2.05, 4.69) is 13.5 Å². The first-order valence-corrected chi connectivity index (χ1v) is 9.06. The molecule has 3 atom stereocenters. The van der Waals surface area contributed by atoms with Crippen molar-refractivity contribution in [2.24, 2.45) is 5.92 Å². The van der Waals surface area contributed by atoms with Crippen molar-refractivity contribution >= 4 is 5.78 Å². The number of carbonyl (C=O) groups is 1. The van der Waals surface area contributed by atoms with Crippen molar-refractivity contribution in [3.8, 4) is 17.2 Å². The van der Waals surface area contributed by atoms with Gasteiger partial charge in [-0.1, -0.05) is 13.0 Å². The van der Waals surface area contributed by atoms with E-state index in [1.807, 2.05) is 18.2 Å². The third-order valence-corrected chi connectivity index (χ3v) is 5.38. The number of fused-ring (bicyclic) bond motifs is 1. The fourth-order valence-corrected chi connectivity index (χ4v) is 3.82. The minimum atomic E-state index is -1.03. The quantitative estimate of drug-likeness (QED) is 0.665. The van der Waals surface area contributed by atoms with Crippen LogP contribution >= 0.6 is 0 Å². The van der Waals surface area contributed by atoms with Gasteiger partial charge in [0, 0.05) is 36.7 Å². The number of benzene rings is 1. The van der Waals surface area contributed by atoms with Crippen LogP contribution in [0, 0.1) is 5.92 Å². The van der Waals surface area contributed by atoms with Gasteiger partial charge in [0.2, 0.25) is 5.75 Å². The van der Waals surface area contributed by atoms with Crippen LogP contribution in [0.5, 0.6) is 17.2 Å². The molecular formula is C22H26O6. The normalized spacial score (nSPS) is 26.0. The molecule has 28 heavy (non-hydrogen) atoms. The number of ketones is 1. The number of rotatable bonds is 7. The van der Waals surface area contributed by atoms with Gasteiger partial charge in [-0.3, -0.25) is 4.79 Å². The summed E-state index contributed by atoms with van der Waals surface area (Å²) in [7, 11) is 6.25. The Balaban J connectivity index is 2.04. The first kappa shape index (κ1) is 20.0. The van der Waals surface area contributed by atoms with Gasteiger partial charge in [-0.2, -0.15) is 0 Å². The second-order valence-electron chi connectivity index (χ2n) is 6.84. The molecule has 2 aliphatic rings. The van der Waals surface area contributed by atoms with Crippen LogP contribution in [0.4, 0.5) is 0 Å². The molecule has 1 aliphatic carbocycles. The molecule has 0 bridgehead atoms. The van der Waals surface area contributed by atoms with Crippen LogP contribution in [-0.2, 0) is 14.3 Å². The van der Waals surface area contributed by atoms with Crippen molar-refractivity contribution in [3.63, 3.8) is 0 Å². The molecule has 0 aromatic heterocycles. The smallest absolute Gasteiger partial charge is 0.203 e. The Morgan fingerprint density at radius 1 is 1.14 bits per heavy atom. The molecule has 1 aromatic rings. The van der Waals surface area contributed by atoms with Crippen LogP contribution in [0.2, 0.25) is 0 Å². The van der Waals surface area contributed by atoms with E-state index in [1.54, 1.807) is 27.4 Å². The van der Waals surface area contributed by atoms with Crippen LogP contribution in [-0.4, -0.2) is 39.8 Å². The molecule has 1 saturated heterocycles. The number of ether oxygens (including phenoxy) is 5. The van der Waals surface area contributed by atoms with Gasteiger partial charge in [0.1, 0.15) is 11.9 Å². The zero-order valence-corrected chi connectivity index (χ0v) is 16.9. The van der Waals surface area contributed by atoms with Crippen molar-refractivity contribution in [1.29, 1.82) is 0 Å². The number of allylic oxidation sites excluding steroid dienone is 1. The van der Waals surface area contributed by atoms with E-state index >= 15 is 0 Å². The Morgan fingerprint density at radius 2 is 1.79 bits per heavy atom. The van der Waals surface area contributed by atoms with E-state index in [9.17, 15) is 4.79 Å². The molecular weight excluding hydrogens is 360 g/mol. The number of hydrogen-bond acceptors (Lipinski definition) is 6. The zero-order chi connectivity index (χ0) is 20.5. The standard InChI is InChI=1S/C22H26O6/c1-7-8-22(27-6)12-15-13(2)20(28-16(15)11-19(22)23)14-9-17(24-3)21(26-5)18(10-14)25-4/h7,9-13,20H,1,8H2,2-6H3/t13-,20-,22?/m1/s1. The van der Waals surface area contributed by atoms with Gasteiger partial charge in [0.05, 0.1) is 21.3 Å². The molecule has 0 saturated carbocycles. The van der Waals surface area contributed by atoms with Crippen LogP contribution in [0.3, 0.4) is 0 Å². The highest BCUT2D eigenvalue weighted by molar-refractivity contribution is 6.01. The maximum atomic E-state index is 12.7. The van der Waals surface area contributed by atoms with Gasteiger partial charge >= 0.3 is 0 Å². The van der Waals surface area contributed by atoms with Crippen molar-refractivity contribution in [2.45, 2.75) is 25.0 Å². The monoisotopic (exact) mass is 386 g/mol. The summed E-state index contributed by atoms with van der Waals surface area (Å²) in [4.78, 5) is 12.7. The molecule has 0 spiro atoms. The molecule has 3 rings (SSSR count). The summed E-state index contributed by atoms with van der Waals surface area (Å²) in [6, 6.07) is 3.74. The molecule has 1 aromatic carbocycles. The number of hydrogen-bond donors (Lipinski definition) is 0. The fraction of sp³-hybridized carbons (Fsp3) is 0.409. The van der Waals surface area contributed by atoms with Crippen molar-refractivity contribution in [1.82, 2.24) is 0 Å². The molecule has 1 aliphatic heterocycles. The molecule has 0 N–H and O–H groups in total. The molecule has 6 heteroatoms. The summed E-state index contributed by atoms with van der Waals surface area (Å²) < 4.78 is 28.1. The lowest BCUT2D eigenvalue weighted by molar-refractivity contribution is -0.130. The molecule has 0 radical (unpaired) electrons. The van der Waals surface area contributed by atoms with Crippen LogP contribution in [0.1, 0.15) is 25.0 Å². The molecule has 1 heterocycles. The van der Waals surface area contributed by atoms with Crippen molar-refractivity contribution in [3.05, 3.63) is 53.8 Å². The van der Waals surface area contributed by atoms with Gasteiger partial charge in [0.25, 0.3) is 0 Å². The lowest BCUT2D eigenvalue weighted by Gasteiger charge is -2.29. The van der Waals surface area contributed by atoms with E-state index < -0.39 is 5.60 Å². The largest absolute Gasteiger partial charge is 0.493 e. The van der Waals surface area contributed by atoms with E-state index in [4.69, 9.17) is 23.7 Å². The summed E-state index contributed by atoms with van der Waals surface area (Å²) in [5, 5.41) is 0. The second kappa shape index (κ2) is 7.72. The third-order valence-electron chi connectivity index (χ3n) is 5.38. The van der Waals surface area contributed by atoms with Crippen LogP contribution < -0.4 is 14.2 Å². The van der Waals surface area contributed by atoms with E-state index in [-0.39, 0.29) is 17.8 Å². The molecule has 1 fully saturated rings. The van der Waals surface area contributed by atoms with Gasteiger partial charge in [0.15, 0.2) is 22.9 Å². The Kier molecular flexibility index (Phi) is 5.52. The average Bonchev–Trinajstić information content (AvgIpc) is 3.02. The molecule has 0 amide bonds. The second-order valence-corrected chi connectivity index (χ2v) is 6.84. The summed E-state index contributed by atoms with van der Waals surface area (Å²) >= 11 is 0. The van der Waals surface area contributed by atoms with Gasteiger partial charge in [-0.05, 0) is 18.2 Å².